The number of rotatable bonds is 5. The van der Waals surface area contributed by atoms with Crippen molar-refractivity contribution in [3.05, 3.63) is 0 Å². The number of carbonyl (C=O) groups is 1. The van der Waals surface area contributed by atoms with Crippen molar-refractivity contribution in [2.75, 3.05) is 0 Å². The van der Waals surface area contributed by atoms with Crippen molar-refractivity contribution >= 4 is 5.97 Å². The molecule has 0 amide bonds. The molecule has 1 atom stereocenters. The van der Waals surface area contributed by atoms with E-state index in [1.165, 1.54) is 25.7 Å². The lowest BCUT2D eigenvalue weighted by molar-refractivity contribution is -0.152. The Morgan fingerprint density at radius 1 is 1.36 bits per heavy atom. The molecule has 0 bridgehead atoms. The molecular formula is C12H22O2. The van der Waals surface area contributed by atoms with Crippen LogP contribution in [0.5, 0.6) is 0 Å². The number of hydrogen-bond donors (Lipinski definition) is 0. The maximum Gasteiger partial charge on any atom is 0.306 e. The number of carbonyl (C=O) groups excluding carboxylic acids is 1. The van der Waals surface area contributed by atoms with Crippen molar-refractivity contribution in [3.63, 3.8) is 0 Å². The Morgan fingerprint density at radius 3 is 2.50 bits per heavy atom. The first-order valence-corrected chi connectivity index (χ1v) is 5.97. The number of hydrogen-bond acceptors (Lipinski definition) is 2. The predicted molar refractivity (Wildman–Crippen MR) is 57.0 cm³/mol. The minimum Gasteiger partial charge on any atom is -0.462 e. The van der Waals surface area contributed by atoms with Crippen molar-refractivity contribution in [2.24, 2.45) is 5.92 Å². The second-order valence-corrected chi connectivity index (χ2v) is 4.23. The lowest BCUT2D eigenvalue weighted by Gasteiger charge is -2.22. The van der Waals surface area contributed by atoms with Gasteiger partial charge in [0.05, 0.1) is 0 Å². The smallest absolute Gasteiger partial charge is 0.306 e. The summed E-state index contributed by atoms with van der Waals surface area (Å²) in [6.07, 6.45) is 7.74. The van der Waals surface area contributed by atoms with Gasteiger partial charge in [-0.1, -0.05) is 26.7 Å². The molecule has 1 fully saturated rings. The fraction of sp³-hybridized carbons (Fsp3) is 0.917. The van der Waals surface area contributed by atoms with Crippen LogP contribution in [0.4, 0.5) is 0 Å². The van der Waals surface area contributed by atoms with Crippen LogP contribution in [0.15, 0.2) is 0 Å². The minimum atomic E-state index is -0.00810. The van der Waals surface area contributed by atoms with Gasteiger partial charge in [-0.2, -0.15) is 0 Å². The highest BCUT2D eigenvalue weighted by atomic mass is 16.5. The van der Waals surface area contributed by atoms with Crippen LogP contribution in [0.25, 0.3) is 0 Å². The van der Waals surface area contributed by atoms with Gasteiger partial charge in [0.2, 0.25) is 0 Å². The normalized spacial score (nSPS) is 19.6. The van der Waals surface area contributed by atoms with E-state index in [2.05, 4.69) is 6.92 Å². The van der Waals surface area contributed by atoms with Crippen LogP contribution in [0.1, 0.15) is 58.8 Å². The van der Waals surface area contributed by atoms with Gasteiger partial charge in [-0.05, 0) is 31.6 Å². The molecule has 0 saturated heterocycles. The molecule has 14 heavy (non-hydrogen) atoms. The second kappa shape index (κ2) is 6.05. The third-order valence-electron chi connectivity index (χ3n) is 3.06. The van der Waals surface area contributed by atoms with Crippen molar-refractivity contribution in [2.45, 2.75) is 64.9 Å². The van der Waals surface area contributed by atoms with Crippen molar-refractivity contribution in [1.82, 2.24) is 0 Å². The molecule has 0 spiro atoms. The zero-order chi connectivity index (χ0) is 10.4. The molecular weight excluding hydrogens is 176 g/mol. The lowest BCUT2D eigenvalue weighted by Crippen LogP contribution is -2.24. The maximum absolute atomic E-state index is 11.3. The van der Waals surface area contributed by atoms with Crippen LogP contribution in [0.3, 0.4) is 0 Å². The molecule has 82 valence electrons. The van der Waals surface area contributed by atoms with Crippen LogP contribution >= 0.6 is 0 Å². The van der Waals surface area contributed by atoms with Gasteiger partial charge < -0.3 is 4.74 Å². The van der Waals surface area contributed by atoms with E-state index in [0.29, 0.717) is 12.3 Å². The van der Waals surface area contributed by atoms with E-state index < -0.39 is 0 Å². The topological polar surface area (TPSA) is 26.3 Å². The van der Waals surface area contributed by atoms with E-state index in [0.717, 1.165) is 12.8 Å². The summed E-state index contributed by atoms with van der Waals surface area (Å²) in [5.74, 6) is 0.632. The fourth-order valence-electron chi connectivity index (χ4n) is 2.27. The maximum atomic E-state index is 11.3. The molecule has 1 aliphatic carbocycles. The zero-order valence-electron chi connectivity index (χ0n) is 9.42. The molecule has 0 aromatic carbocycles. The summed E-state index contributed by atoms with van der Waals surface area (Å²) in [4.78, 5) is 11.3. The highest BCUT2D eigenvalue weighted by Gasteiger charge is 2.26. The average Bonchev–Trinajstić information content (AvgIpc) is 2.67. The predicted octanol–water partition coefficient (Wildman–Crippen LogP) is 3.30. The minimum absolute atomic E-state index is 0.00810. The van der Waals surface area contributed by atoms with Gasteiger partial charge in [-0.25, -0.2) is 0 Å². The summed E-state index contributed by atoms with van der Waals surface area (Å²) in [5, 5.41) is 0. The van der Waals surface area contributed by atoms with Crippen molar-refractivity contribution in [1.29, 1.82) is 0 Å². The van der Waals surface area contributed by atoms with Crippen molar-refractivity contribution in [3.8, 4) is 0 Å². The summed E-state index contributed by atoms with van der Waals surface area (Å²) < 4.78 is 5.49. The molecule has 0 heterocycles. The van der Waals surface area contributed by atoms with Crippen molar-refractivity contribution < 1.29 is 9.53 Å². The Labute approximate surface area is 87.0 Å². The first kappa shape index (κ1) is 11.5. The largest absolute Gasteiger partial charge is 0.462 e. The number of esters is 1. The average molecular weight is 198 g/mol. The first-order chi connectivity index (χ1) is 6.77. The second-order valence-electron chi connectivity index (χ2n) is 4.23. The van der Waals surface area contributed by atoms with Crippen LogP contribution in [-0.4, -0.2) is 12.1 Å². The Morgan fingerprint density at radius 2 is 2.00 bits per heavy atom. The molecule has 1 aliphatic rings. The fourth-order valence-corrected chi connectivity index (χ4v) is 2.27. The first-order valence-electron chi connectivity index (χ1n) is 5.97. The standard InChI is InChI=1S/C12H22O2/c1-3-7-12(13)14-11(4-2)10-8-5-6-9-10/h10-11H,3-9H2,1-2H3. The Balaban J connectivity index is 2.33. The summed E-state index contributed by atoms with van der Waals surface area (Å²) >= 11 is 0. The van der Waals surface area contributed by atoms with Gasteiger partial charge in [0.25, 0.3) is 0 Å². The summed E-state index contributed by atoms with van der Waals surface area (Å²) in [6.45, 7) is 4.12. The highest BCUT2D eigenvalue weighted by Crippen LogP contribution is 2.30. The molecule has 2 heteroatoms. The van der Waals surface area contributed by atoms with Crippen LogP contribution in [0.2, 0.25) is 0 Å². The van der Waals surface area contributed by atoms with E-state index >= 15 is 0 Å². The van der Waals surface area contributed by atoms with E-state index in [1.807, 2.05) is 6.92 Å². The molecule has 0 aromatic heterocycles. The van der Waals surface area contributed by atoms with E-state index in [4.69, 9.17) is 4.74 Å². The van der Waals surface area contributed by atoms with Crippen LogP contribution < -0.4 is 0 Å². The molecule has 0 aliphatic heterocycles. The lowest BCUT2D eigenvalue weighted by atomic mass is 9.99. The summed E-state index contributed by atoms with van der Waals surface area (Å²) in [6, 6.07) is 0. The third-order valence-corrected chi connectivity index (χ3v) is 3.06. The van der Waals surface area contributed by atoms with E-state index in [9.17, 15) is 4.79 Å². The monoisotopic (exact) mass is 198 g/mol. The highest BCUT2D eigenvalue weighted by molar-refractivity contribution is 5.69. The summed E-state index contributed by atoms with van der Waals surface area (Å²) in [5.41, 5.74) is 0. The number of ether oxygens (including phenoxy) is 1. The quantitative estimate of drug-likeness (QED) is 0.633. The molecule has 0 aromatic rings. The molecule has 0 N–H and O–H groups in total. The zero-order valence-corrected chi connectivity index (χ0v) is 9.42. The Hall–Kier alpha value is -0.530. The van der Waals surface area contributed by atoms with Gasteiger partial charge in [-0.3, -0.25) is 4.79 Å². The van der Waals surface area contributed by atoms with Crippen LogP contribution in [0, 0.1) is 5.92 Å². The van der Waals surface area contributed by atoms with E-state index in [-0.39, 0.29) is 12.1 Å². The van der Waals surface area contributed by atoms with Gasteiger partial charge in [0, 0.05) is 6.42 Å². The molecule has 1 unspecified atom stereocenters. The Kier molecular flexibility index (Phi) is 4.99. The van der Waals surface area contributed by atoms with Crippen LogP contribution in [-0.2, 0) is 9.53 Å². The van der Waals surface area contributed by atoms with Gasteiger partial charge in [-0.15, -0.1) is 0 Å². The molecule has 1 saturated carbocycles. The van der Waals surface area contributed by atoms with Gasteiger partial charge in [0.1, 0.15) is 6.10 Å². The SMILES string of the molecule is CCCC(=O)OC(CC)C1CCCC1. The molecule has 1 rings (SSSR count). The van der Waals surface area contributed by atoms with Gasteiger partial charge >= 0.3 is 5.97 Å². The Bertz CT molecular complexity index is 171. The third kappa shape index (κ3) is 3.32. The summed E-state index contributed by atoms with van der Waals surface area (Å²) in [7, 11) is 0. The van der Waals surface area contributed by atoms with Gasteiger partial charge in [0.15, 0.2) is 0 Å². The van der Waals surface area contributed by atoms with E-state index in [1.54, 1.807) is 0 Å². The molecule has 0 radical (unpaired) electrons. The molecule has 2 nitrogen and oxygen atoms in total.